The maximum absolute atomic E-state index is 13.2. The number of hydrogen-bond donors (Lipinski definition) is 3. The van der Waals surface area contributed by atoms with E-state index in [0.717, 1.165) is 21.3 Å². The fraction of sp³-hybridized carbons (Fsp3) is 0.385. The third-order valence-electron chi connectivity index (χ3n) is 6.92. The van der Waals surface area contributed by atoms with Gasteiger partial charge in [-0.1, -0.05) is 12.1 Å². The largest absolute Gasteiger partial charge is 0.492 e. The number of fused-ring (bicyclic) bond motifs is 2. The van der Waals surface area contributed by atoms with E-state index in [2.05, 4.69) is 26.0 Å². The van der Waals surface area contributed by atoms with Gasteiger partial charge in [-0.2, -0.15) is 5.10 Å². The number of carbonyl (C=O) groups excluding carboxylic acids is 1. The molecule has 192 valence electrons. The quantitative estimate of drug-likeness (QED) is 0.311. The van der Waals surface area contributed by atoms with Crippen LogP contribution in [0.2, 0.25) is 0 Å². The Morgan fingerprint density at radius 1 is 1.16 bits per heavy atom. The number of amides is 1. The molecule has 3 heterocycles. The average Bonchev–Trinajstić information content (AvgIpc) is 3.54. The highest BCUT2D eigenvalue weighted by molar-refractivity contribution is 9.10. The van der Waals surface area contributed by atoms with E-state index in [9.17, 15) is 19.8 Å². The zero-order valence-corrected chi connectivity index (χ0v) is 21.5. The van der Waals surface area contributed by atoms with Gasteiger partial charge in [0.25, 0.3) is 0 Å². The van der Waals surface area contributed by atoms with Crippen LogP contribution in [0.3, 0.4) is 0 Å². The van der Waals surface area contributed by atoms with Crippen molar-refractivity contribution in [1.82, 2.24) is 24.6 Å². The number of carbonyl (C=O) groups is 1. The predicted molar refractivity (Wildman–Crippen MR) is 139 cm³/mol. The number of imidazole rings is 1. The summed E-state index contributed by atoms with van der Waals surface area (Å²) < 4.78 is 8.47. The SMILES string of the molecule is O=C(Cc1nn(Cc2nc3cc(OCC4CC4)c(Br)cc3[nH]2)c2ccccc2c1=O)N1C[C@H](O)[C@@H](O)C1. The van der Waals surface area contributed by atoms with Gasteiger partial charge in [-0.15, -0.1) is 0 Å². The van der Waals surface area contributed by atoms with Gasteiger partial charge in [0.1, 0.15) is 17.3 Å². The lowest BCUT2D eigenvalue weighted by atomic mass is 10.1. The molecular weight excluding hydrogens is 542 g/mol. The molecule has 2 aromatic heterocycles. The number of para-hydroxylation sites is 1. The van der Waals surface area contributed by atoms with Gasteiger partial charge in [0.15, 0.2) is 0 Å². The molecule has 4 aromatic rings. The standard InChI is InChI=1S/C26H26BrN5O5/c27-16-7-17-18(8-23(16)37-13-14-5-6-14)29-24(28-17)12-32-20-4-2-1-3-15(20)26(36)19(30-32)9-25(35)31-10-21(33)22(34)11-31/h1-4,7-8,14,21-22,33-34H,5-6,9-13H2,(H,28,29)/t21-,22-/m0/s1. The summed E-state index contributed by atoms with van der Waals surface area (Å²) in [7, 11) is 0. The van der Waals surface area contributed by atoms with Crippen LogP contribution in [0.15, 0.2) is 45.7 Å². The van der Waals surface area contributed by atoms with Crippen molar-refractivity contribution in [2.75, 3.05) is 19.7 Å². The number of benzene rings is 2. The molecule has 0 bridgehead atoms. The number of aromatic amines is 1. The fourth-order valence-corrected chi connectivity index (χ4v) is 5.10. The van der Waals surface area contributed by atoms with Gasteiger partial charge in [-0.25, -0.2) is 4.98 Å². The van der Waals surface area contributed by atoms with Crippen LogP contribution in [0.5, 0.6) is 5.75 Å². The summed E-state index contributed by atoms with van der Waals surface area (Å²) in [5, 5.41) is 24.6. The minimum Gasteiger partial charge on any atom is -0.492 e. The number of hydrogen-bond acceptors (Lipinski definition) is 7. The molecule has 1 aliphatic carbocycles. The molecule has 0 spiro atoms. The predicted octanol–water partition coefficient (Wildman–Crippen LogP) is 1.98. The van der Waals surface area contributed by atoms with E-state index in [1.807, 2.05) is 24.3 Å². The molecule has 3 N–H and O–H groups in total. The van der Waals surface area contributed by atoms with Gasteiger partial charge in [-0.3, -0.25) is 14.3 Å². The Balaban J connectivity index is 1.30. The van der Waals surface area contributed by atoms with Crippen LogP contribution in [0, 0.1) is 5.92 Å². The highest BCUT2D eigenvalue weighted by Crippen LogP contribution is 2.33. The summed E-state index contributed by atoms with van der Waals surface area (Å²) in [6.07, 6.45) is 0.221. The lowest BCUT2D eigenvalue weighted by molar-refractivity contribution is -0.130. The van der Waals surface area contributed by atoms with Crippen molar-refractivity contribution < 1.29 is 19.7 Å². The number of nitrogens with one attached hydrogen (secondary N) is 1. The first-order chi connectivity index (χ1) is 17.9. The Bertz CT molecular complexity index is 1550. The number of rotatable bonds is 7. The highest BCUT2D eigenvalue weighted by atomic mass is 79.9. The van der Waals surface area contributed by atoms with Gasteiger partial charge in [-0.05, 0) is 52.9 Å². The first kappa shape index (κ1) is 24.1. The third-order valence-corrected chi connectivity index (χ3v) is 7.54. The van der Waals surface area contributed by atoms with Crippen molar-refractivity contribution in [2.24, 2.45) is 5.92 Å². The lowest BCUT2D eigenvalue weighted by Gasteiger charge is -2.16. The summed E-state index contributed by atoms with van der Waals surface area (Å²) in [6.45, 7) is 1.02. The van der Waals surface area contributed by atoms with Crippen LogP contribution in [0.25, 0.3) is 21.9 Å². The second-order valence-electron chi connectivity index (χ2n) is 9.80. The molecule has 0 unspecified atom stereocenters. The van der Waals surface area contributed by atoms with E-state index in [0.29, 0.717) is 29.3 Å². The summed E-state index contributed by atoms with van der Waals surface area (Å²) >= 11 is 3.58. The molecule has 1 amide bonds. The number of likely N-dealkylation sites (tertiary alicyclic amines) is 1. The van der Waals surface area contributed by atoms with Crippen molar-refractivity contribution in [3.8, 4) is 5.75 Å². The first-order valence-corrected chi connectivity index (χ1v) is 13.1. The Hall–Kier alpha value is -3.28. The molecule has 1 saturated carbocycles. The smallest absolute Gasteiger partial charge is 0.228 e. The molecule has 2 aromatic carbocycles. The average molecular weight is 568 g/mol. The van der Waals surface area contributed by atoms with Crippen molar-refractivity contribution in [2.45, 2.75) is 38.0 Å². The van der Waals surface area contributed by atoms with Crippen LogP contribution in [0.4, 0.5) is 0 Å². The molecule has 0 radical (unpaired) electrons. The molecule has 2 aliphatic rings. The van der Waals surface area contributed by atoms with E-state index in [1.54, 1.807) is 16.8 Å². The molecule has 10 nitrogen and oxygen atoms in total. The minimum atomic E-state index is -0.988. The molecule has 2 atom stereocenters. The number of nitrogens with zero attached hydrogens (tertiary/aromatic N) is 4. The monoisotopic (exact) mass is 567 g/mol. The number of aliphatic hydroxyl groups excluding tert-OH is 2. The van der Waals surface area contributed by atoms with Gasteiger partial charge in [0.05, 0.1) is 52.8 Å². The van der Waals surface area contributed by atoms with Crippen molar-refractivity contribution in [1.29, 1.82) is 0 Å². The van der Waals surface area contributed by atoms with Crippen LogP contribution in [-0.4, -0.2) is 72.7 Å². The molecule has 6 rings (SSSR count). The Kier molecular flexibility index (Phi) is 6.21. The van der Waals surface area contributed by atoms with Gasteiger partial charge < -0.3 is 24.8 Å². The summed E-state index contributed by atoms with van der Waals surface area (Å²) in [4.78, 5) is 35.4. The van der Waals surface area contributed by atoms with E-state index < -0.39 is 12.2 Å². The topological polar surface area (TPSA) is 134 Å². The number of β-amino-alcohol motifs (C(OH)–C–C–N with tert-alkyl or cyclic N) is 2. The number of ether oxygens (including phenoxy) is 1. The zero-order valence-electron chi connectivity index (χ0n) is 19.9. The first-order valence-electron chi connectivity index (χ1n) is 12.3. The van der Waals surface area contributed by atoms with E-state index in [4.69, 9.17) is 9.72 Å². The van der Waals surface area contributed by atoms with Crippen LogP contribution in [0.1, 0.15) is 24.4 Å². The second-order valence-corrected chi connectivity index (χ2v) is 10.7. The Morgan fingerprint density at radius 2 is 1.92 bits per heavy atom. The number of aliphatic hydroxyl groups is 2. The van der Waals surface area contributed by atoms with Crippen molar-refractivity contribution >= 4 is 43.8 Å². The maximum atomic E-state index is 13.2. The normalized spacial score (nSPS) is 19.7. The van der Waals surface area contributed by atoms with Gasteiger partial charge in [0.2, 0.25) is 11.3 Å². The lowest BCUT2D eigenvalue weighted by Crippen LogP contribution is -2.33. The van der Waals surface area contributed by atoms with Crippen molar-refractivity contribution in [3.63, 3.8) is 0 Å². The highest BCUT2D eigenvalue weighted by Gasteiger charge is 2.33. The van der Waals surface area contributed by atoms with Crippen LogP contribution < -0.4 is 10.2 Å². The zero-order chi connectivity index (χ0) is 25.7. The third kappa shape index (κ3) is 4.86. The molecule has 37 heavy (non-hydrogen) atoms. The molecular formula is C26H26BrN5O5. The summed E-state index contributed by atoms with van der Waals surface area (Å²) in [5.74, 6) is 1.67. The summed E-state index contributed by atoms with van der Waals surface area (Å²) in [5.41, 5.74) is 2.02. The van der Waals surface area contributed by atoms with Crippen molar-refractivity contribution in [3.05, 3.63) is 62.6 Å². The fourth-order valence-electron chi connectivity index (χ4n) is 4.64. The number of halogens is 1. The van der Waals surface area contributed by atoms with E-state index in [-0.39, 0.29) is 43.1 Å². The number of aromatic nitrogens is 4. The molecule has 1 aliphatic heterocycles. The van der Waals surface area contributed by atoms with E-state index in [1.165, 1.54) is 17.7 Å². The molecule has 11 heteroatoms. The van der Waals surface area contributed by atoms with Crippen LogP contribution in [-0.2, 0) is 17.8 Å². The Morgan fingerprint density at radius 3 is 2.68 bits per heavy atom. The number of H-pyrrole nitrogens is 1. The van der Waals surface area contributed by atoms with E-state index >= 15 is 0 Å². The second kappa shape index (κ2) is 9.55. The summed E-state index contributed by atoms with van der Waals surface area (Å²) in [6, 6.07) is 11.0. The molecule has 1 saturated heterocycles. The van der Waals surface area contributed by atoms with Gasteiger partial charge >= 0.3 is 0 Å². The van der Waals surface area contributed by atoms with Crippen LogP contribution >= 0.6 is 15.9 Å². The Labute approximate surface area is 220 Å². The van der Waals surface area contributed by atoms with Gasteiger partial charge in [0, 0.05) is 24.5 Å². The minimum absolute atomic E-state index is 0.0304. The molecule has 2 fully saturated rings. The maximum Gasteiger partial charge on any atom is 0.228 e.